The van der Waals surface area contributed by atoms with Gasteiger partial charge in [0.05, 0.1) is 0 Å². The second-order valence-electron chi connectivity index (χ2n) is 5.09. The van der Waals surface area contributed by atoms with E-state index >= 15 is 0 Å². The number of likely N-dealkylation sites (tertiary alicyclic amines) is 1. The molecule has 0 spiro atoms. The molecule has 2 rings (SSSR count). The maximum absolute atomic E-state index is 12.5. The van der Waals surface area contributed by atoms with Gasteiger partial charge in [0.15, 0.2) is 0 Å². The van der Waals surface area contributed by atoms with E-state index in [1.54, 1.807) is 19.3 Å². The Morgan fingerprint density at radius 1 is 1.47 bits per heavy atom. The predicted molar refractivity (Wildman–Crippen MR) is 74.0 cm³/mol. The van der Waals surface area contributed by atoms with Crippen molar-refractivity contribution >= 4 is 5.91 Å². The fourth-order valence-electron chi connectivity index (χ4n) is 2.61. The molecule has 0 radical (unpaired) electrons. The molecule has 1 amide bonds. The molecule has 0 saturated carbocycles. The SMILES string of the molecule is Cn1ccc(C(=O)N2CCCCC2CCN)cc1=O. The summed E-state index contributed by atoms with van der Waals surface area (Å²) in [5.41, 5.74) is 5.94. The van der Waals surface area contributed by atoms with Crippen LogP contribution in [0.5, 0.6) is 0 Å². The number of hydrogen-bond donors (Lipinski definition) is 1. The molecule has 1 fully saturated rings. The third-order valence-corrected chi connectivity index (χ3v) is 3.74. The van der Waals surface area contributed by atoms with Crippen LogP contribution in [-0.2, 0) is 7.05 Å². The molecule has 104 valence electrons. The van der Waals surface area contributed by atoms with Crippen molar-refractivity contribution in [3.8, 4) is 0 Å². The summed E-state index contributed by atoms with van der Waals surface area (Å²) in [5, 5.41) is 0. The zero-order chi connectivity index (χ0) is 13.8. The Bertz CT molecular complexity index is 508. The van der Waals surface area contributed by atoms with E-state index in [0.29, 0.717) is 12.1 Å². The van der Waals surface area contributed by atoms with Gasteiger partial charge in [0, 0.05) is 37.5 Å². The largest absolute Gasteiger partial charge is 0.336 e. The molecule has 5 nitrogen and oxygen atoms in total. The number of amides is 1. The van der Waals surface area contributed by atoms with Gasteiger partial charge >= 0.3 is 0 Å². The van der Waals surface area contributed by atoms with Crippen LogP contribution in [0.2, 0.25) is 0 Å². The van der Waals surface area contributed by atoms with Gasteiger partial charge in [0.1, 0.15) is 0 Å². The van der Waals surface area contributed by atoms with Gasteiger partial charge < -0.3 is 15.2 Å². The monoisotopic (exact) mass is 263 g/mol. The zero-order valence-electron chi connectivity index (χ0n) is 11.3. The fourth-order valence-corrected chi connectivity index (χ4v) is 2.61. The van der Waals surface area contributed by atoms with Crippen LogP contribution in [0.3, 0.4) is 0 Å². The van der Waals surface area contributed by atoms with E-state index in [1.807, 2.05) is 4.90 Å². The Balaban J connectivity index is 2.20. The molecule has 2 N–H and O–H groups in total. The molecule has 1 saturated heterocycles. The highest BCUT2D eigenvalue weighted by atomic mass is 16.2. The number of pyridine rings is 1. The Morgan fingerprint density at radius 3 is 2.95 bits per heavy atom. The first-order valence-electron chi connectivity index (χ1n) is 6.81. The van der Waals surface area contributed by atoms with E-state index in [0.717, 1.165) is 32.2 Å². The summed E-state index contributed by atoms with van der Waals surface area (Å²) in [7, 11) is 1.68. The van der Waals surface area contributed by atoms with Gasteiger partial charge in [-0.15, -0.1) is 0 Å². The van der Waals surface area contributed by atoms with Gasteiger partial charge in [-0.3, -0.25) is 9.59 Å². The number of aromatic nitrogens is 1. The fraction of sp³-hybridized carbons (Fsp3) is 0.571. The predicted octanol–water partition coefficient (Wildman–Crippen LogP) is 0.729. The van der Waals surface area contributed by atoms with Gasteiger partial charge in [0.25, 0.3) is 11.5 Å². The van der Waals surface area contributed by atoms with Gasteiger partial charge in [-0.2, -0.15) is 0 Å². The Kier molecular flexibility index (Phi) is 4.37. The number of rotatable bonds is 3. The molecule has 5 heteroatoms. The highest BCUT2D eigenvalue weighted by Gasteiger charge is 2.26. The topological polar surface area (TPSA) is 68.3 Å². The van der Waals surface area contributed by atoms with Gasteiger partial charge in [-0.25, -0.2) is 0 Å². The zero-order valence-corrected chi connectivity index (χ0v) is 11.3. The minimum atomic E-state index is -0.154. The maximum atomic E-state index is 12.5. The quantitative estimate of drug-likeness (QED) is 0.874. The average Bonchev–Trinajstić information content (AvgIpc) is 2.42. The lowest BCUT2D eigenvalue weighted by Gasteiger charge is -2.35. The lowest BCUT2D eigenvalue weighted by atomic mass is 9.98. The minimum Gasteiger partial charge on any atom is -0.336 e. The van der Waals surface area contributed by atoms with Crippen molar-refractivity contribution in [1.82, 2.24) is 9.47 Å². The standard InChI is InChI=1S/C14H21N3O2/c1-16-9-6-11(10-13(16)18)14(19)17-8-3-2-4-12(17)5-7-15/h6,9-10,12H,2-5,7-8,15H2,1H3. The number of carbonyl (C=O) groups is 1. The van der Waals surface area contributed by atoms with E-state index in [1.165, 1.54) is 10.6 Å². The summed E-state index contributed by atoms with van der Waals surface area (Å²) < 4.78 is 1.46. The molecule has 19 heavy (non-hydrogen) atoms. The molecular formula is C14H21N3O2. The molecule has 1 aliphatic heterocycles. The molecule has 0 aromatic carbocycles. The molecule has 1 unspecified atom stereocenters. The molecular weight excluding hydrogens is 242 g/mol. The third-order valence-electron chi connectivity index (χ3n) is 3.74. The van der Waals surface area contributed by atoms with E-state index in [-0.39, 0.29) is 17.5 Å². The van der Waals surface area contributed by atoms with E-state index < -0.39 is 0 Å². The van der Waals surface area contributed by atoms with Crippen molar-refractivity contribution in [3.05, 3.63) is 34.2 Å². The first-order valence-corrected chi connectivity index (χ1v) is 6.81. The summed E-state index contributed by atoms with van der Waals surface area (Å²) in [4.78, 5) is 26.0. The maximum Gasteiger partial charge on any atom is 0.254 e. The number of nitrogens with zero attached hydrogens (tertiary/aromatic N) is 2. The molecule has 2 heterocycles. The summed E-state index contributed by atoms with van der Waals surface area (Å²) >= 11 is 0. The van der Waals surface area contributed by atoms with Crippen molar-refractivity contribution in [2.24, 2.45) is 12.8 Å². The summed E-state index contributed by atoms with van der Waals surface area (Å²) in [6, 6.07) is 3.34. The van der Waals surface area contributed by atoms with E-state index in [9.17, 15) is 9.59 Å². The number of nitrogens with two attached hydrogens (primary N) is 1. The van der Waals surface area contributed by atoms with Crippen LogP contribution in [0, 0.1) is 0 Å². The lowest BCUT2D eigenvalue weighted by molar-refractivity contribution is 0.0604. The summed E-state index contributed by atoms with van der Waals surface area (Å²) in [6.45, 7) is 1.35. The molecule has 0 bridgehead atoms. The van der Waals surface area contributed by atoms with Crippen LogP contribution >= 0.6 is 0 Å². The van der Waals surface area contributed by atoms with Crippen LogP contribution in [-0.4, -0.2) is 34.5 Å². The molecule has 1 atom stereocenters. The minimum absolute atomic E-state index is 0.0455. The smallest absolute Gasteiger partial charge is 0.254 e. The molecule has 0 aliphatic carbocycles. The first kappa shape index (κ1) is 13.8. The van der Waals surface area contributed by atoms with Crippen LogP contribution in [0.1, 0.15) is 36.0 Å². The van der Waals surface area contributed by atoms with Gasteiger partial charge in [0.2, 0.25) is 0 Å². The molecule has 1 aliphatic rings. The first-order chi connectivity index (χ1) is 9.13. The highest BCUT2D eigenvalue weighted by molar-refractivity contribution is 5.94. The number of aryl methyl sites for hydroxylation is 1. The Labute approximate surface area is 113 Å². The lowest BCUT2D eigenvalue weighted by Crippen LogP contribution is -2.44. The number of carbonyl (C=O) groups excluding carboxylic acids is 1. The van der Waals surface area contributed by atoms with Gasteiger partial charge in [-0.1, -0.05) is 0 Å². The van der Waals surface area contributed by atoms with E-state index in [2.05, 4.69) is 0 Å². The summed E-state index contributed by atoms with van der Waals surface area (Å²) in [6.07, 6.45) is 5.64. The van der Waals surface area contributed by atoms with Crippen LogP contribution < -0.4 is 11.3 Å². The Morgan fingerprint density at radius 2 is 2.26 bits per heavy atom. The van der Waals surface area contributed by atoms with Gasteiger partial charge in [-0.05, 0) is 38.3 Å². The average molecular weight is 263 g/mol. The molecule has 1 aromatic heterocycles. The number of hydrogen-bond acceptors (Lipinski definition) is 3. The number of piperidine rings is 1. The van der Waals surface area contributed by atoms with Crippen molar-refractivity contribution in [3.63, 3.8) is 0 Å². The van der Waals surface area contributed by atoms with E-state index in [4.69, 9.17) is 5.73 Å². The molecule has 1 aromatic rings. The van der Waals surface area contributed by atoms with Crippen molar-refractivity contribution in [2.45, 2.75) is 31.7 Å². The van der Waals surface area contributed by atoms with Crippen LogP contribution in [0.25, 0.3) is 0 Å². The second-order valence-corrected chi connectivity index (χ2v) is 5.09. The summed E-state index contributed by atoms with van der Waals surface area (Å²) in [5.74, 6) is -0.0455. The third kappa shape index (κ3) is 3.04. The normalized spacial score (nSPS) is 19.5. The van der Waals surface area contributed by atoms with Crippen molar-refractivity contribution in [2.75, 3.05) is 13.1 Å². The van der Waals surface area contributed by atoms with Crippen LogP contribution in [0.15, 0.2) is 23.1 Å². The van der Waals surface area contributed by atoms with Crippen molar-refractivity contribution in [1.29, 1.82) is 0 Å². The van der Waals surface area contributed by atoms with Crippen molar-refractivity contribution < 1.29 is 4.79 Å². The Hall–Kier alpha value is -1.62. The second kappa shape index (κ2) is 6.02. The highest BCUT2D eigenvalue weighted by Crippen LogP contribution is 2.21. The van der Waals surface area contributed by atoms with Crippen LogP contribution in [0.4, 0.5) is 0 Å².